The highest BCUT2D eigenvalue weighted by Gasteiger charge is 2.24. The van der Waals surface area contributed by atoms with Crippen molar-refractivity contribution in [3.05, 3.63) is 30.1 Å². The SMILES string of the molecule is CCN(CC(C)C(=O)O)C(=O)C(C)Oc1cccc(F)c1. The maximum absolute atomic E-state index is 13.1. The van der Waals surface area contributed by atoms with Gasteiger partial charge in [-0.25, -0.2) is 4.39 Å². The second kappa shape index (κ2) is 7.61. The van der Waals surface area contributed by atoms with E-state index in [4.69, 9.17) is 9.84 Å². The highest BCUT2D eigenvalue weighted by Crippen LogP contribution is 2.15. The number of ether oxygens (including phenoxy) is 1. The third kappa shape index (κ3) is 5.06. The zero-order valence-corrected chi connectivity index (χ0v) is 12.4. The van der Waals surface area contributed by atoms with E-state index < -0.39 is 23.8 Å². The molecule has 0 aliphatic carbocycles. The standard InChI is InChI=1S/C15H20FNO4/c1-4-17(9-10(2)15(19)20)14(18)11(3)21-13-7-5-6-12(16)8-13/h5-8,10-11H,4,9H2,1-3H3,(H,19,20). The van der Waals surface area contributed by atoms with Crippen molar-refractivity contribution in [3.63, 3.8) is 0 Å². The van der Waals surface area contributed by atoms with E-state index in [1.807, 2.05) is 0 Å². The minimum absolute atomic E-state index is 0.113. The Balaban J connectivity index is 2.68. The molecule has 0 radical (unpaired) electrons. The van der Waals surface area contributed by atoms with E-state index in [9.17, 15) is 14.0 Å². The van der Waals surface area contributed by atoms with E-state index in [0.29, 0.717) is 6.54 Å². The first-order valence-electron chi connectivity index (χ1n) is 6.79. The lowest BCUT2D eigenvalue weighted by Crippen LogP contribution is -2.43. The van der Waals surface area contributed by atoms with Crippen LogP contribution in [0.1, 0.15) is 20.8 Å². The Morgan fingerprint density at radius 1 is 1.38 bits per heavy atom. The van der Waals surface area contributed by atoms with Crippen LogP contribution in [0.2, 0.25) is 0 Å². The molecule has 0 saturated carbocycles. The predicted octanol–water partition coefficient (Wildman–Crippen LogP) is 2.16. The van der Waals surface area contributed by atoms with Gasteiger partial charge in [0.1, 0.15) is 11.6 Å². The molecule has 0 aliphatic heterocycles. The van der Waals surface area contributed by atoms with E-state index in [-0.39, 0.29) is 18.2 Å². The highest BCUT2D eigenvalue weighted by molar-refractivity contribution is 5.81. The summed E-state index contributed by atoms with van der Waals surface area (Å²) in [6, 6.07) is 5.53. The summed E-state index contributed by atoms with van der Waals surface area (Å²) in [6.07, 6.45) is -0.812. The molecule has 2 unspecified atom stereocenters. The first-order chi connectivity index (χ1) is 9.85. The van der Waals surface area contributed by atoms with E-state index in [1.165, 1.54) is 30.0 Å². The summed E-state index contributed by atoms with van der Waals surface area (Å²) in [5, 5.41) is 8.90. The average Bonchev–Trinajstić information content (AvgIpc) is 2.43. The molecule has 6 heteroatoms. The van der Waals surface area contributed by atoms with Crippen LogP contribution in [0.25, 0.3) is 0 Å². The van der Waals surface area contributed by atoms with Gasteiger partial charge in [-0.15, -0.1) is 0 Å². The molecule has 21 heavy (non-hydrogen) atoms. The first-order valence-corrected chi connectivity index (χ1v) is 6.79. The Morgan fingerprint density at radius 2 is 2.05 bits per heavy atom. The molecule has 1 rings (SSSR count). The summed E-state index contributed by atoms with van der Waals surface area (Å²) >= 11 is 0. The smallest absolute Gasteiger partial charge is 0.308 e. The van der Waals surface area contributed by atoms with Gasteiger partial charge in [0, 0.05) is 19.2 Å². The zero-order chi connectivity index (χ0) is 16.0. The molecular formula is C15H20FNO4. The molecule has 0 heterocycles. The molecule has 0 aliphatic rings. The Morgan fingerprint density at radius 3 is 2.57 bits per heavy atom. The molecular weight excluding hydrogens is 277 g/mol. The minimum atomic E-state index is -0.958. The second-order valence-corrected chi connectivity index (χ2v) is 4.83. The first kappa shape index (κ1) is 16.9. The van der Waals surface area contributed by atoms with Gasteiger partial charge in [0.2, 0.25) is 0 Å². The van der Waals surface area contributed by atoms with Gasteiger partial charge in [0.15, 0.2) is 6.10 Å². The number of carboxylic acid groups (broad SMARTS) is 1. The lowest BCUT2D eigenvalue weighted by atomic mass is 10.1. The second-order valence-electron chi connectivity index (χ2n) is 4.83. The topological polar surface area (TPSA) is 66.8 Å². The number of amides is 1. The molecule has 1 aromatic rings. The van der Waals surface area contributed by atoms with Gasteiger partial charge < -0.3 is 14.7 Å². The van der Waals surface area contributed by atoms with Crippen LogP contribution in [0.5, 0.6) is 5.75 Å². The summed E-state index contributed by atoms with van der Waals surface area (Å²) in [4.78, 5) is 24.5. The van der Waals surface area contributed by atoms with Crippen molar-refractivity contribution < 1.29 is 23.8 Å². The summed E-state index contributed by atoms with van der Waals surface area (Å²) in [5.74, 6) is -2.12. The largest absolute Gasteiger partial charge is 0.481 e. The van der Waals surface area contributed by atoms with Gasteiger partial charge in [-0.2, -0.15) is 0 Å². The fourth-order valence-corrected chi connectivity index (χ4v) is 1.84. The van der Waals surface area contributed by atoms with Crippen molar-refractivity contribution in [3.8, 4) is 5.75 Å². The number of benzene rings is 1. The van der Waals surface area contributed by atoms with Crippen LogP contribution in [0, 0.1) is 11.7 Å². The zero-order valence-electron chi connectivity index (χ0n) is 12.4. The number of carboxylic acids is 1. The Labute approximate surface area is 123 Å². The number of hydrogen-bond acceptors (Lipinski definition) is 3. The van der Waals surface area contributed by atoms with Crippen LogP contribution >= 0.6 is 0 Å². The summed E-state index contributed by atoms with van der Waals surface area (Å²) in [7, 11) is 0. The molecule has 0 aromatic heterocycles. The summed E-state index contributed by atoms with van der Waals surface area (Å²) in [6.45, 7) is 5.36. The number of hydrogen-bond donors (Lipinski definition) is 1. The number of halogens is 1. The van der Waals surface area contributed by atoms with Crippen LogP contribution in [-0.2, 0) is 9.59 Å². The molecule has 1 N–H and O–H groups in total. The van der Waals surface area contributed by atoms with Gasteiger partial charge >= 0.3 is 5.97 Å². The van der Waals surface area contributed by atoms with Gasteiger partial charge in [-0.05, 0) is 26.0 Å². The van der Waals surface area contributed by atoms with Crippen molar-refractivity contribution in [2.45, 2.75) is 26.9 Å². The van der Waals surface area contributed by atoms with Crippen LogP contribution in [0.15, 0.2) is 24.3 Å². The maximum Gasteiger partial charge on any atom is 0.308 e. The number of likely N-dealkylation sites (N-methyl/N-ethyl adjacent to an activating group) is 1. The predicted molar refractivity (Wildman–Crippen MR) is 75.5 cm³/mol. The van der Waals surface area contributed by atoms with Crippen LogP contribution in [-0.4, -0.2) is 41.1 Å². The van der Waals surface area contributed by atoms with E-state index in [0.717, 1.165) is 0 Å². The summed E-state index contributed by atoms with van der Waals surface area (Å²) in [5.41, 5.74) is 0. The van der Waals surface area contributed by atoms with E-state index in [2.05, 4.69) is 0 Å². The van der Waals surface area contributed by atoms with Crippen LogP contribution < -0.4 is 4.74 Å². The Bertz CT molecular complexity index is 506. The average molecular weight is 297 g/mol. The van der Waals surface area contributed by atoms with E-state index >= 15 is 0 Å². The van der Waals surface area contributed by atoms with E-state index in [1.54, 1.807) is 19.9 Å². The van der Waals surface area contributed by atoms with Gasteiger partial charge in [-0.1, -0.05) is 13.0 Å². The van der Waals surface area contributed by atoms with Crippen molar-refractivity contribution in [1.82, 2.24) is 4.90 Å². The molecule has 0 fully saturated rings. The Hall–Kier alpha value is -2.11. The Kier molecular flexibility index (Phi) is 6.14. The molecule has 1 amide bonds. The molecule has 0 spiro atoms. The van der Waals surface area contributed by atoms with Gasteiger partial charge in [0.05, 0.1) is 5.92 Å². The minimum Gasteiger partial charge on any atom is -0.481 e. The quantitative estimate of drug-likeness (QED) is 0.837. The van der Waals surface area contributed by atoms with Crippen molar-refractivity contribution in [2.24, 2.45) is 5.92 Å². The molecule has 0 saturated heterocycles. The fraction of sp³-hybridized carbons (Fsp3) is 0.467. The van der Waals surface area contributed by atoms with Crippen LogP contribution in [0.3, 0.4) is 0 Å². The molecule has 2 atom stereocenters. The lowest BCUT2D eigenvalue weighted by molar-refractivity contribution is -0.144. The lowest BCUT2D eigenvalue weighted by Gasteiger charge is -2.26. The van der Waals surface area contributed by atoms with Gasteiger partial charge in [0.25, 0.3) is 5.91 Å². The number of aliphatic carboxylic acids is 1. The number of nitrogens with zero attached hydrogens (tertiary/aromatic N) is 1. The number of rotatable bonds is 7. The molecule has 116 valence electrons. The third-order valence-corrected chi connectivity index (χ3v) is 3.07. The van der Waals surface area contributed by atoms with Crippen molar-refractivity contribution >= 4 is 11.9 Å². The molecule has 1 aromatic carbocycles. The molecule has 0 bridgehead atoms. The third-order valence-electron chi connectivity index (χ3n) is 3.07. The number of carbonyl (C=O) groups is 2. The van der Waals surface area contributed by atoms with Crippen molar-refractivity contribution in [2.75, 3.05) is 13.1 Å². The molecule has 5 nitrogen and oxygen atoms in total. The number of carbonyl (C=O) groups excluding carboxylic acids is 1. The maximum atomic E-state index is 13.1. The normalized spacial score (nSPS) is 13.3. The highest BCUT2D eigenvalue weighted by atomic mass is 19.1. The van der Waals surface area contributed by atoms with Gasteiger partial charge in [-0.3, -0.25) is 9.59 Å². The monoisotopic (exact) mass is 297 g/mol. The van der Waals surface area contributed by atoms with Crippen LogP contribution in [0.4, 0.5) is 4.39 Å². The van der Waals surface area contributed by atoms with Crippen molar-refractivity contribution in [1.29, 1.82) is 0 Å². The fourth-order valence-electron chi connectivity index (χ4n) is 1.84. The summed E-state index contributed by atoms with van der Waals surface area (Å²) < 4.78 is 18.5.